The molecule has 0 spiro atoms. The summed E-state index contributed by atoms with van der Waals surface area (Å²) < 4.78 is 5.86. The average molecular weight is 252 g/mol. The summed E-state index contributed by atoms with van der Waals surface area (Å²) in [6, 6.07) is 8.15. The van der Waals surface area contributed by atoms with Gasteiger partial charge in [0.15, 0.2) is 5.58 Å². The van der Waals surface area contributed by atoms with Crippen LogP contribution in [0.4, 0.5) is 0 Å². The van der Waals surface area contributed by atoms with Crippen molar-refractivity contribution < 1.29 is 4.42 Å². The molecule has 3 heteroatoms. The summed E-state index contributed by atoms with van der Waals surface area (Å²) in [4.78, 5) is 0. The molecule has 1 atom stereocenters. The molecule has 2 nitrogen and oxygen atoms in total. The third kappa shape index (κ3) is 2.64. The molecule has 1 aromatic heterocycles. The van der Waals surface area contributed by atoms with Crippen LogP contribution >= 0.6 is 11.6 Å². The van der Waals surface area contributed by atoms with E-state index in [4.69, 9.17) is 16.0 Å². The highest BCUT2D eigenvalue weighted by Crippen LogP contribution is 2.31. The lowest BCUT2D eigenvalue weighted by Crippen LogP contribution is -2.17. The Bertz CT molecular complexity index is 504. The Kier molecular flexibility index (Phi) is 3.75. The summed E-state index contributed by atoms with van der Waals surface area (Å²) in [5.74, 6) is 1.58. The first-order valence-corrected chi connectivity index (χ1v) is 6.35. The molecule has 2 aromatic rings. The monoisotopic (exact) mass is 251 g/mol. The Morgan fingerprint density at radius 2 is 2.12 bits per heavy atom. The van der Waals surface area contributed by atoms with Crippen molar-refractivity contribution in [2.45, 2.75) is 26.3 Å². The number of hydrogen-bond donors (Lipinski definition) is 1. The molecule has 1 N–H and O–H groups in total. The molecule has 0 aliphatic carbocycles. The normalized spacial score (nSPS) is 13.5. The van der Waals surface area contributed by atoms with Gasteiger partial charge in [-0.3, -0.25) is 0 Å². The Labute approximate surface area is 107 Å². The van der Waals surface area contributed by atoms with Gasteiger partial charge in [-0.2, -0.15) is 0 Å². The molecule has 0 amide bonds. The van der Waals surface area contributed by atoms with Crippen LogP contribution in [0.3, 0.4) is 0 Å². The highest BCUT2D eigenvalue weighted by Gasteiger charge is 2.16. The van der Waals surface area contributed by atoms with Crippen molar-refractivity contribution in [1.29, 1.82) is 0 Å². The van der Waals surface area contributed by atoms with E-state index in [1.54, 1.807) is 0 Å². The molecule has 0 aliphatic rings. The minimum absolute atomic E-state index is 0.249. The van der Waals surface area contributed by atoms with E-state index in [9.17, 15) is 0 Å². The highest BCUT2D eigenvalue weighted by atomic mass is 35.5. The zero-order valence-corrected chi connectivity index (χ0v) is 11.2. The van der Waals surface area contributed by atoms with Gasteiger partial charge in [0.1, 0.15) is 5.76 Å². The van der Waals surface area contributed by atoms with Crippen LogP contribution in [0.2, 0.25) is 5.02 Å². The van der Waals surface area contributed by atoms with Crippen molar-refractivity contribution in [2.75, 3.05) is 7.05 Å². The number of hydrogen-bond acceptors (Lipinski definition) is 2. The fraction of sp³-hybridized carbons (Fsp3) is 0.429. The SMILES string of the molecule is CNC(CC(C)C)c1cc2cccc(Cl)c2o1. The van der Waals surface area contributed by atoms with E-state index in [2.05, 4.69) is 25.2 Å². The summed E-state index contributed by atoms with van der Waals surface area (Å²) in [5, 5.41) is 5.03. The molecule has 0 aliphatic heterocycles. The van der Waals surface area contributed by atoms with Gasteiger partial charge in [-0.15, -0.1) is 0 Å². The molecule has 0 saturated carbocycles. The van der Waals surface area contributed by atoms with Gasteiger partial charge in [0.2, 0.25) is 0 Å². The first kappa shape index (κ1) is 12.5. The number of rotatable bonds is 4. The van der Waals surface area contributed by atoms with Gasteiger partial charge < -0.3 is 9.73 Å². The number of halogens is 1. The van der Waals surface area contributed by atoms with Crippen molar-refractivity contribution in [3.63, 3.8) is 0 Å². The number of benzene rings is 1. The fourth-order valence-electron chi connectivity index (χ4n) is 2.07. The molecule has 0 saturated heterocycles. The zero-order chi connectivity index (χ0) is 12.4. The van der Waals surface area contributed by atoms with E-state index in [0.717, 1.165) is 23.2 Å². The van der Waals surface area contributed by atoms with E-state index in [-0.39, 0.29) is 6.04 Å². The molecular formula is C14H18ClNO. The number of para-hydroxylation sites is 1. The van der Waals surface area contributed by atoms with Crippen LogP contribution in [0.25, 0.3) is 11.0 Å². The van der Waals surface area contributed by atoms with Gasteiger partial charge in [0.25, 0.3) is 0 Å². The van der Waals surface area contributed by atoms with Crippen molar-refractivity contribution in [3.8, 4) is 0 Å². The quantitative estimate of drug-likeness (QED) is 0.872. The van der Waals surface area contributed by atoms with Crippen LogP contribution in [0.1, 0.15) is 32.1 Å². The molecule has 0 radical (unpaired) electrons. The maximum Gasteiger partial charge on any atom is 0.152 e. The van der Waals surface area contributed by atoms with E-state index in [1.165, 1.54) is 0 Å². The van der Waals surface area contributed by atoms with E-state index in [0.29, 0.717) is 10.9 Å². The Morgan fingerprint density at radius 1 is 1.35 bits per heavy atom. The third-order valence-electron chi connectivity index (χ3n) is 2.91. The molecule has 17 heavy (non-hydrogen) atoms. The maximum atomic E-state index is 6.11. The van der Waals surface area contributed by atoms with Crippen LogP contribution < -0.4 is 5.32 Å². The Morgan fingerprint density at radius 3 is 2.71 bits per heavy atom. The van der Waals surface area contributed by atoms with Crippen LogP contribution in [0.15, 0.2) is 28.7 Å². The average Bonchev–Trinajstić information content (AvgIpc) is 2.70. The molecular weight excluding hydrogens is 234 g/mol. The molecule has 1 unspecified atom stereocenters. The van der Waals surface area contributed by atoms with Crippen molar-refractivity contribution in [3.05, 3.63) is 35.0 Å². The van der Waals surface area contributed by atoms with Crippen LogP contribution in [-0.4, -0.2) is 7.05 Å². The van der Waals surface area contributed by atoms with Gasteiger partial charge >= 0.3 is 0 Å². The summed E-state index contributed by atoms with van der Waals surface area (Å²) in [7, 11) is 1.96. The largest absolute Gasteiger partial charge is 0.458 e. The van der Waals surface area contributed by atoms with Crippen LogP contribution in [0, 0.1) is 5.92 Å². The first-order chi connectivity index (χ1) is 8.11. The van der Waals surface area contributed by atoms with E-state index >= 15 is 0 Å². The number of fused-ring (bicyclic) bond motifs is 1. The minimum Gasteiger partial charge on any atom is -0.458 e. The fourth-order valence-corrected chi connectivity index (χ4v) is 2.29. The predicted molar refractivity (Wildman–Crippen MR) is 72.5 cm³/mol. The summed E-state index contributed by atoms with van der Waals surface area (Å²) in [5.41, 5.74) is 0.785. The molecule has 0 fully saturated rings. The second-order valence-corrected chi connectivity index (χ2v) is 5.18. The second-order valence-electron chi connectivity index (χ2n) is 4.78. The van der Waals surface area contributed by atoms with E-state index in [1.807, 2.05) is 25.2 Å². The number of furan rings is 1. The van der Waals surface area contributed by atoms with E-state index < -0.39 is 0 Å². The molecule has 1 heterocycles. The lowest BCUT2D eigenvalue weighted by Gasteiger charge is -2.15. The Hall–Kier alpha value is -0.990. The summed E-state index contributed by atoms with van der Waals surface area (Å²) in [6.45, 7) is 4.42. The van der Waals surface area contributed by atoms with Crippen LogP contribution in [-0.2, 0) is 0 Å². The maximum absolute atomic E-state index is 6.11. The Balaban J connectivity index is 2.37. The first-order valence-electron chi connectivity index (χ1n) is 5.97. The second kappa shape index (κ2) is 5.11. The molecule has 92 valence electrons. The topological polar surface area (TPSA) is 25.2 Å². The van der Waals surface area contributed by atoms with Gasteiger partial charge in [-0.1, -0.05) is 37.6 Å². The lowest BCUT2D eigenvalue weighted by atomic mass is 10.0. The van der Waals surface area contributed by atoms with Crippen molar-refractivity contribution in [1.82, 2.24) is 5.32 Å². The lowest BCUT2D eigenvalue weighted by molar-refractivity contribution is 0.390. The molecule has 2 rings (SSSR count). The molecule has 0 bridgehead atoms. The number of nitrogens with one attached hydrogen (secondary N) is 1. The van der Waals surface area contributed by atoms with Crippen molar-refractivity contribution in [2.24, 2.45) is 5.92 Å². The summed E-state index contributed by atoms with van der Waals surface area (Å²) in [6.07, 6.45) is 1.05. The smallest absolute Gasteiger partial charge is 0.152 e. The van der Waals surface area contributed by atoms with Crippen LogP contribution in [0.5, 0.6) is 0 Å². The summed E-state index contributed by atoms with van der Waals surface area (Å²) >= 11 is 6.11. The van der Waals surface area contributed by atoms with Gasteiger partial charge in [-0.25, -0.2) is 0 Å². The third-order valence-corrected chi connectivity index (χ3v) is 3.21. The van der Waals surface area contributed by atoms with Gasteiger partial charge in [0.05, 0.1) is 11.1 Å². The predicted octanol–water partition coefficient (Wildman–Crippen LogP) is 4.39. The van der Waals surface area contributed by atoms with Crippen molar-refractivity contribution >= 4 is 22.6 Å². The zero-order valence-electron chi connectivity index (χ0n) is 10.5. The van der Waals surface area contributed by atoms with Gasteiger partial charge in [-0.05, 0) is 31.5 Å². The standard InChI is InChI=1S/C14H18ClNO/c1-9(2)7-12(16-3)13-8-10-5-4-6-11(15)14(10)17-13/h4-6,8-9,12,16H,7H2,1-3H3. The van der Waals surface area contributed by atoms with Gasteiger partial charge in [0, 0.05) is 5.39 Å². The minimum atomic E-state index is 0.249. The highest BCUT2D eigenvalue weighted by molar-refractivity contribution is 6.34. The molecule has 1 aromatic carbocycles.